The lowest BCUT2D eigenvalue weighted by atomic mass is 10.1. The highest BCUT2D eigenvalue weighted by molar-refractivity contribution is 9.09. The molecular formula is C13H16BrNO. The summed E-state index contributed by atoms with van der Waals surface area (Å²) < 4.78 is 5.61. The fourth-order valence-corrected chi connectivity index (χ4v) is 2.17. The maximum atomic E-state index is 8.87. The third kappa shape index (κ3) is 4.24. The van der Waals surface area contributed by atoms with Crippen molar-refractivity contribution in [2.24, 2.45) is 5.92 Å². The number of hydrogen-bond donors (Lipinski definition) is 0. The van der Waals surface area contributed by atoms with E-state index in [2.05, 4.69) is 28.9 Å². The van der Waals surface area contributed by atoms with Crippen LogP contribution in [-0.4, -0.2) is 11.9 Å². The van der Waals surface area contributed by atoms with Crippen LogP contribution in [0.2, 0.25) is 0 Å². The molecule has 0 fully saturated rings. The minimum atomic E-state index is 0.607. The number of nitriles is 1. The van der Waals surface area contributed by atoms with E-state index >= 15 is 0 Å². The van der Waals surface area contributed by atoms with Crippen LogP contribution in [0.1, 0.15) is 25.3 Å². The summed E-state index contributed by atoms with van der Waals surface area (Å²) in [5.41, 5.74) is 0.607. The molecule has 0 N–H and O–H groups in total. The maximum Gasteiger partial charge on any atom is 0.137 e. The van der Waals surface area contributed by atoms with E-state index in [-0.39, 0.29) is 0 Å². The van der Waals surface area contributed by atoms with E-state index in [1.54, 1.807) is 6.07 Å². The van der Waals surface area contributed by atoms with Gasteiger partial charge in [-0.3, -0.25) is 0 Å². The van der Waals surface area contributed by atoms with Gasteiger partial charge in [0.15, 0.2) is 0 Å². The van der Waals surface area contributed by atoms with Crippen LogP contribution in [0.15, 0.2) is 24.3 Å². The second-order valence-electron chi connectivity index (χ2n) is 3.83. The third-order valence-electron chi connectivity index (χ3n) is 2.48. The molecule has 2 nitrogen and oxygen atoms in total. The quantitative estimate of drug-likeness (QED) is 0.744. The van der Waals surface area contributed by atoms with E-state index in [1.807, 2.05) is 18.2 Å². The fourth-order valence-electron chi connectivity index (χ4n) is 1.39. The molecule has 0 amide bonds. The molecule has 86 valence electrons. The van der Waals surface area contributed by atoms with Crippen molar-refractivity contribution in [2.45, 2.75) is 19.8 Å². The number of hydrogen-bond acceptors (Lipinski definition) is 2. The Hall–Kier alpha value is -1.01. The summed E-state index contributed by atoms with van der Waals surface area (Å²) in [6.07, 6.45) is 2.18. The monoisotopic (exact) mass is 281 g/mol. The first-order valence-corrected chi connectivity index (χ1v) is 6.58. The predicted octanol–water partition coefficient (Wildman–Crippen LogP) is 3.75. The molecule has 0 bridgehead atoms. The third-order valence-corrected chi connectivity index (χ3v) is 2.94. The van der Waals surface area contributed by atoms with Gasteiger partial charge in [0, 0.05) is 5.33 Å². The molecule has 1 rings (SSSR count). The van der Waals surface area contributed by atoms with Crippen LogP contribution in [0.5, 0.6) is 5.75 Å². The average Bonchev–Trinajstić information content (AvgIpc) is 2.30. The zero-order chi connectivity index (χ0) is 11.8. The van der Waals surface area contributed by atoms with Crippen LogP contribution in [-0.2, 0) is 0 Å². The average molecular weight is 282 g/mol. The fraction of sp³-hybridized carbons (Fsp3) is 0.462. The molecule has 0 radical (unpaired) electrons. The van der Waals surface area contributed by atoms with E-state index in [4.69, 9.17) is 10.00 Å². The molecule has 1 aromatic carbocycles. The number of ether oxygens (including phenoxy) is 1. The van der Waals surface area contributed by atoms with Crippen molar-refractivity contribution in [2.75, 3.05) is 11.9 Å². The molecule has 0 aliphatic carbocycles. The van der Waals surface area contributed by atoms with Gasteiger partial charge in [-0.25, -0.2) is 0 Å². The van der Waals surface area contributed by atoms with Crippen molar-refractivity contribution in [3.8, 4) is 11.8 Å². The van der Waals surface area contributed by atoms with Gasteiger partial charge in [0.25, 0.3) is 0 Å². The lowest BCUT2D eigenvalue weighted by Crippen LogP contribution is -2.05. The molecule has 0 aliphatic rings. The molecule has 0 aromatic heterocycles. The van der Waals surface area contributed by atoms with Crippen LogP contribution >= 0.6 is 15.9 Å². The molecule has 1 unspecified atom stereocenters. The Labute approximate surface area is 105 Å². The van der Waals surface area contributed by atoms with E-state index in [1.165, 1.54) is 0 Å². The number of para-hydroxylation sites is 1. The molecule has 0 saturated heterocycles. The van der Waals surface area contributed by atoms with Gasteiger partial charge in [-0.2, -0.15) is 5.26 Å². The summed E-state index contributed by atoms with van der Waals surface area (Å²) in [6, 6.07) is 9.48. The SMILES string of the molecule is CC(CCBr)CCOc1ccccc1C#N. The van der Waals surface area contributed by atoms with Gasteiger partial charge in [0.05, 0.1) is 12.2 Å². The number of benzene rings is 1. The summed E-state index contributed by atoms with van der Waals surface area (Å²) in [4.78, 5) is 0. The Bertz CT molecular complexity index is 359. The highest BCUT2D eigenvalue weighted by atomic mass is 79.9. The first kappa shape index (κ1) is 13.1. The van der Waals surface area contributed by atoms with Crippen molar-refractivity contribution < 1.29 is 4.74 Å². The van der Waals surface area contributed by atoms with Gasteiger partial charge < -0.3 is 4.74 Å². The number of nitrogens with zero attached hydrogens (tertiary/aromatic N) is 1. The Morgan fingerprint density at radius 3 is 2.81 bits per heavy atom. The molecule has 0 spiro atoms. The smallest absolute Gasteiger partial charge is 0.137 e. The molecule has 1 atom stereocenters. The number of rotatable bonds is 6. The van der Waals surface area contributed by atoms with Crippen molar-refractivity contribution >= 4 is 15.9 Å². The molecule has 3 heteroatoms. The predicted molar refractivity (Wildman–Crippen MR) is 68.8 cm³/mol. The molecule has 0 heterocycles. The zero-order valence-electron chi connectivity index (χ0n) is 9.45. The molecule has 16 heavy (non-hydrogen) atoms. The van der Waals surface area contributed by atoms with Crippen molar-refractivity contribution in [3.05, 3.63) is 29.8 Å². The van der Waals surface area contributed by atoms with Crippen LogP contribution in [0, 0.1) is 17.2 Å². The summed E-state index contributed by atoms with van der Waals surface area (Å²) >= 11 is 3.43. The Morgan fingerprint density at radius 1 is 1.38 bits per heavy atom. The van der Waals surface area contributed by atoms with Crippen LogP contribution in [0.4, 0.5) is 0 Å². The Balaban J connectivity index is 2.40. The Morgan fingerprint density at radius 2 is 2.12 bits per heavy atom. The van der Waals surface area contributed by atoms with Gasteiger partial charge in [0.1, 0.15) is 11.8 Å². The first-order valence-electron chi connectivity index (χ1n) is 5.45. The highest BCUT2D eigenvalue weighted by Gasteiger charge is 2.04. The topological polar surface area (TPSA) is 33.0 Å². The van der Waals surface area contributed by atoms with Crippen molar-refractivity contribution in [3.63, 3.8) is 0 Å². The molecule has 1 aromatic rings. The number of alkyl halides is 1. The lowest BCUT2D eigenvalue weighted by molar-refractivity contribution is 0.281. The molecule has 0 aliphatic heterocycles. The second kappa shape index (κ2) is 7.29. The van der Waals surface area contributed by atoms with Gasteiger partial charge in [-0.05, 0) is 30.9 Å². The van der Waals surface area contributed by atoms with Gasteiger partial charge in [-0.1, -0.05) is 35.0 Å². The zero-order valence-corrected chi connectivity index (χ0v) is 11.0. The van der Waals surface area contributed by atoms with E-state index in [9.17, 15) is 0 Å². The largest absolute Gasteiger partial charge is 0.492 e. The van der Waals surface area contributed by atoms with Crippen LogP contribution in [0.3, 0.4) is 0 Å². The molecular weight excluding hydrogens is 266 g/mol. The summed E-state index contributed by atoms with van der Waals surface area (Å²) in [5.74, 6) is 1.34. The summed E-state index contributed by atoms with van der Waals surface area (Å²) in [6.45, 7) is 2.88. The van der Waals surface area contributed by atoms with Gasteiger partial charge in [-0.15, -0.1) is 0 Å². The van der Waals surface area contributed by atoms with Gasteiger partial charge in [0.2, 0.25) is 0 Å². The molecule has 0 saturated carbocycles. The van der Waals surface area contributed by atoms with E-state index in [0.717, 1.165) is 18.2 Å². The van der Waals surface area contributed by atoms with Crippen molar-refractivity contribution in [1.82, 2.24) is 0 Å². The minimum Gasteiger partial charge on any atom is -0.492 e. The van der Waals surface area contributed by atoms with Crippen molar-refractivity contribution in [1.29, 1.82) is 5.26 Å². The Kier molecular flexibility index (Phi) is 5.95. The number of halogens is 1. The second-order valence-corrected chi connectivity index (χ2v) is 4.62. The first-order chi connectivity index (χ1) is 7.77. The van der Waals surface area contributed by atoms with E-state index < -0.39 is 0 Å². The maximum absolute atomic E-state index is 8.87. The van der Waals surface area contributed by atoms with E-state index in [0.29, 0.717) is 23.8 Å². The lowest BCUT2D eigenvalue weighted by Gasteiger charge is -2.11. The van der Waals surface area contributed by atoms with Gasteiger partial charge >= 0.3 is 0 Å². The summed E-state index contributed by atoms with van der Waals surface area (Å²) in [7, 11) is 0. The minimum absolute atomic E-state index is 0.607. The normalized spacial score (nSPS) is 11.8. The van der Waals surface area contributed by atoms with Crippen LogP contribution in [0.25, 0.3) is 0 Å². The standard InChI is InChI=1S/C13H16BrNO/c1-11(6-8-14)7-9-16-13-5-3-2-4-12(13)10-15/h2-5,11H,6-9H2,1H3. The highest BCUT2D eigenvalue weighted by Crippen LogP contribution is 2.18. The summed E-state index contributed by atoms with van der Waals surface area (Å²) in [5, 5.41) is 9.91. The van der Waals surface area contributed by atoms with Crippen LogP contribution < -0.4 is 4.74 Å².